The number of likely N-dealkylation sites (N-methyl/N-ethyl adjacent to an activating group) is 2. The van der Waals surface area contributed by atoms with Crippen LogP contribution in [0.5, 0.6) is 0 Å². The highest BCUT2D eigenvalue weighted by molar-refractivity contribution is 5.88. The molecule has 1 unspecified atom stereocenters. The van der Waals surface area contributed by atoms with Crippen molar-refractivity contribution in [3.8, 4) is 0 Å². The highest BCUT2D eigenvalue weighted by atomic mass is 16.6. The molecule has 0 fully saturated rings. The summed E-state index contributed by atoms with van der Waals surface area (Å²) in [7, 11) is 19.8. The van der Waals surface area contributed by atoms with Gasteiger partial charge >= 0.3 is 29.8 Å². The zero-order valence-electron chi connectivity index (χ0n) is 44.2. The largest absolute Gasteiger partial charge is 0.462 e. The Kier molecular flexibility index (Phi) is 41.1. The Morgan fingerprint density at radius 2 is 0.812 bits per heavy atom. The molecule has 0 aliphatic rings. The number of carbonyl (C=O) groups excluding carboxylic acids is 5. The summed E-state index contributed by atoms with van der Waals surface area (Å²) in [6, 6.07) is 0. The Bertz CT molecular complexity index is 1430. The molecule has 15 nitrogen and oxygen atoms in total. The van der Waals surface area contributed by atoms with Gasteiger partial charge < -0.3 is 48.2 Å². The van der Waals surface area contributed by atoms with E-state index in [4.69, 9.17) is 23.7 Å². The summed E-state index contributed by atoms with van der Waals surface area (Å²) >= 11 is 0. The summed E-state index contributed by atoms with van der Waals surface area (Å²) in [5.74, 6) is -1.53. The van der Waals surface area contributed by atoms with Gasteiger partial charge in [0, 0.05) is 58.5 Å². The number of unbranched alkanes of at least 4 members (excludes halogenated alkanes) is 1. The first-order valence-electron chi connectivity index (χ1n) is 21.5. The van der Waals surface area contributed by atoms with E-state index in [-0.39, 0.29) is 46.9 Å². The van der Waals surface area contributed by atoms with Crippen molar-refractivity contribution in [1.82, 2.24) is 24.5 Å². The molecule has 374 valence electrons. The fourth-order valence-corrected chi connectivity index (χ4v) is 4.10. The van der Waals surface area contributed by atoms with Crippen LogP contribution in [0.4, 0.5) is 0 Å². The smallest absolute Gasteiger partial charge is 0.333 e. The minimum absolute atomic E-state index is 0.0192. The second kappa shape index (κ2) is 38.2. The number of nitrogens with zero attached hydrogens (tertiary/aromatic N) is 5. The molecule has 0 saturated heterocycles. The lowest BCUT2D eigenvalue weighted by Gasteiger charge is -2.31. The van der Waals surface area contributed by atoms with Gasteiger partial charge in [-0.1, -0.05) is 46.7 Å². The van der Waals surface area contributed by atoms with Crippen LogP contribution in [0.2, 0.25) is 0 Å². The molecule has 1 atom stereocenters. The van der Waals surface area contributed by atoms with Gasteiger partial charge in [0.05, 0.1) is 19.8 Å². The molecule has 0 rings (SSSR count). The van der Waals surface area contributed by atoms with Crippen LogP contribution < -0.4 is 0 Å². The quantitative estimate of drug-likeness (QED) is 0.0438. The summed E-state index contributed by atoms with van der Waals surface area (Å²) < 4.78 is 25.0. The maximum Gasteiger partial charge on any atom is 0.333 e. The van der Waals surface area contributed by atoms with Crippen LogP contribution in [-0.4, -0.2) is 189 Å². The van der Waals surface area contributed by atoms with E-state index in [1.165, 1.54) is 0 Å². The molecule has 0 saturated carbocycles. The van der Waals surface area contributed by atoms with Gasteiger partial charge in [-0.25, -0.2) is 24.0 Å². The van der Waals surface area contributed by atoms with Gasteiger partial charge in [0.2, 0.25) is 0 Å². The Morgan fingerprint density at radius 3 is 1.14 bits per heavy atom. The molecule has 0 aromatic heterocycles. The van der Waals surface area contributed by atoms with E-state index in [0.29, 0.717) is 54.3 Å². The number of hydrogen-bond acceptors (Lipinski definition) is 15. The first-order valence-corrected chi connectivity index (χ1v) is 21.5. The van der Waals surface area contributed by atoms with Crippen molar-refractivity contribution in [2.75, 3.05) is 123 Å². The normalized spacial score (nSPS) is 11.2. The first-order chi connectivity index (χ1) is 29.0. The Morgan fingerprint density at radius 1 is 0.469 bits per heavy atom. The van der Waals surface area contributed by atoms with Crippen molar-refractivity contribution in [3.63, 3.8) is 0 Å². The zero-order valence-corrected chi connectivity index (χ0v) is 44.2. The van der Waals surface area contributed by atoms with Crippen molar-refractivity contribution < 1.29 is 47.7 Å². The molecule has 0 aromatic carbocycles. The van der Waals surface area contributed by atoms with Crippen molar-refractivity contribution >= 4 is 29.8 Å². The Labute approximate surface area is 390 Å². The standard InChI is InChI=1S/C11H21NO2.2C10H19NO2.2C9H17NO2/c1-9(2)10(13)14-8-11(3,4)7-12(5)6;1-8(2)9(12)13-7-10(3,4)11(5)6;1-9(2)10(12)13-8-6-5-7-11(3)4;1-7(2)9(11)12-8(3)6-10(4)5;1-8(2)9(11)12-7-5-6-10(3)4/h1,7-8H2,2-6H3;1,7H2,2-6H3;1,5-8H2,2-4H3;8H,1,6H2,2-5H3;1,5-7H2,2-4H3. The maximum absolute atomic E-state index is 11.1. The van der Waals surface area contributed by atoms with Gasteiger partial charge in [-0.05, 0) is 152 Å². The Balaban J connectivity index is -0.000000227. The molecule has 0 spiro atoms. The second-order valence-corrected chi connectivity index (χ2v) is 18.6. The Hall–Kier alpha value is -4.15. The number of carbonyl (C=O) groups is 5. The average Bonchev–Trinajstić information content (AvgIpc) is 3.13. The monoisotopic (exact) mass is 912 g/mol. The molecule has 0 aliphatic heterocycles. The van der Waals surface area contributed by atoms with Gasteiger partial charge in [-0.3, -0.25) is 0 Å². The molecule has 0 aliphatic carbocycles. The second-order valence-electron chi connectivity index (χ2n) is 18.6. The highest BCUT2D eigenvalue weighted by Crippen LogP contribution is 2.17. The van der Waals surface area contributed by atoms with E-state index in [0.717, 1.165) is 45.4 Å². The summed E-state index contributed by atoms with van der Waals surface area (Å²) in [6.07, 6.45) is 2.75. The summed E-state index contributed by atoms with van der Waals surface area (Å²) in [6.45, 7) is 41.2. The lowest BCUT2D eigenvalue weighted by atomic mass is 9.94. The average molecular weight is 912 g/mol. The molecule has 0 N–H and O–H groups in total. The zero-order chi connectivity index (χ0) is 51.6. The molecular formula is C49H93N5O10. The molecule has 0 heterocycles. The van der Waals surface area contributed by atoms with Crippen molar-refractivity contribution in [3.05, 3.63) is 60.8 Å². The third-order valence-corrected chi connectivity index (χ3v) is 7.99. The third-order valence-electron chi connectivity index (χ3n) is 7.99. The number of ether oxygens (including phenoxy) is 5. The van der Waals surface area contributed by atoms with Crippen LogP contribution in [-0.2, 0) is 47.7 Å². The van der Waals surface area contributed by atoms with Crippen molar-refractivity contribution in [2.45, 2.75) is 100 Å². The van der Waals surface area contributed by atoms with E-state index in [9.17, 15) is 24.0 Å². The lowest BCUT2D eigenvalue weighted by Crippen LogP contribution is -2.43. The van der Waals surface area contributed by atoms with E-state index < -0.39 is 0 Å². The summed E-state index contributed by atoms with van der Waals surface area (Å²) in [5, 5.41) is 0. The number of rotatable bonds is 24. The molecule has 0 radical (unpaired) electrons. The maximum atomic E-state index is 11.1. The number of hydrogen-bond donors (Lipinski definition) is 0. The van der Waals surface area contributed by atoms with Crippen LogP contribution in [0.1, 0.15) is 88.5 Å². The molecular weight excluding hydrogens is 819 g/mol. The van der Waals surface area contributed by atoms with Gasteiger partial charge in [0.1, 0.15) is 12.7 Å². The van der Waals surface area contributed by atoms with Crippen LogP contribution in [0.3, 0.4) is 0 Å². The van der Waals surface area contributed by atoms with Crippen LogP contribution >= 0.6 is 0 Å². The van der Waals surface area contributed by atoms with E-state index >= 15 is 0 Å². The third kappa shape index (κ3) is 48.9. The number of esters is 5. The molecule has 15 heteroatoms. The molecule has 0 amide bonds. The van der Waals surface area contributed by atoms with Gasteiger partial charge in [-0.15, -0.1) is 0 Å². The minimum Gasteiger partial charge on any atom is -0.462 e. The van der Waals surface area contributed by atoms with Gasteiger partial charge in [0.15, 0.2) is 0 Å². The van der Waals surface area contributed by atoms with E-state index in [1.54, 1.807) is 34.6 Å². The van der Waals surface area contributed by atoms with Crippen LogP contribution in [0.15, 0.2) is 60.8 Å². The molecule has 0 aromatic rings. The van der Waals surface area contributed by atoms with Gasteiger partial charge in [-0.2, -0.15) is 0 Å². The van der Waals surface area contributed by atoms with E-state index in [1.807, 2.05) is 101 Å². The predicted molar refractivity (Wildman–Crippen MR) is 263 cm³/mol. The lowest BCUT2D eigenvalue weighted by molar-refractivity contribution is -0.144. The molecule has 0 bridgehead atoms. The predicted octanol–water partition coefficient (Wildman–Crippen LogP) is 6.70. The van der Waals surface area contributed by atoms with E-state index in [2.05, 4.69) is 61.4 Å². The molecule has 64 heavy (non-hydrogen) atoms. The van der Waals surface area contributed by atoms with Crippen molar-refractivity contribution in [2.24, 2.45) is 5.41 Å². The SMILES string of the molecule is C=C(C)C(=O)OC(C)CN(C)C.C=C(C)C(=O)OCC(C)(C)CN(C)C.C=C(C)C(=O)OCC(C)(C)N(C)C.C=C(C)C(=O)OCCCCN(C)C.C=C(C)C(=O)OCCCN(C)C. The summed E-state index contributed by atoms with van der Waals surface area (Å²) in [4.78, 5) is 65.2. The van der Waals surface area contributed by atoms with Gasteiger partial charge in [0.25, 0.3) is 0 Å². The topological polar surface area (TPSA) is 148 Å². The van der Waals surface area contributed by atoms with Crippen LogP contribution in [0, 0.1) is 5.41 Å². The minimum atomic E-state index is -0.324. The summed E-state index contributed by atoms with van der Waals surface area (Å²) in [5.41, 5.74) is 2.10. The fraction of sp³-hybridized carbons (Fsp3) is 0.694. The highest BCUT2D eigenvalue weighted by Gasteiger charge is 2.23. The first kappa shape index (κ1) is 68.9. The van der Waals surface area contributed by atoms with Crippen molar-refractivity contribution in [1.29, 1.82) is 0 Å². The van der Waals surface area contributed by atoms with Crippen LogP contribution in [0.25, 0.3) is 0 Å². The fourth-order valence-electron chi connectivity index (χ4n) is 4.10.